The molecule has 0 aromatic carbocycles. The fourth-order valence-electron chi connectivity index (χ4n) is 1.88. The van der Waals surface area contributed by atoms with Crippen LogP contribution in [0.4, 0.5) is 5.82 Å². The molecule has 102 valence electrons. The number of hydrogen-bond acceptors (Lipinski definition) is 6. The second kappa shape index (κ2) is 5.42. The number of aryl methyl sites for hydroxylation is 2. The molecule has 20 heavy (non-hydrogen) atoms. The van der Waals surface area contributed by atoms with Crippen LogP contribution in [0.5, 0.6) is 0 Å². The highest BCUT2D eigenvalue weighted by Crippen LogP contribution is 2.25. The molecule has 0 spiro atoms. The predicted octanol–water partition coefficient (Wildman–Crippen LogP) is 3.42. The van der Waals surface area contributed by atoms with Crippen LogP contribution in [0, 0.1) is 13.8 Å². The van der Waals surface area contributed by atoms with Gasteiger partial charge in [0.1, 0.15) is 5.82 Å². The zero-order valence-corrected chi connectivity index (χ0v) is 12.1. The zero-order chi connectivity index (χ0) is 13.9. The van der Waals surface area contributed by atoms with Crippen molar-refractivity contribution >= 4 is 17.2 Å². The summed E-state index contributed by atoms with van der Waals surface area (Å²) < 4.78 is 5.21. The van der Waals surface area contributed by atoms with E-state index in [4.69, 9.17) is 4.52 Å². The molecule has 3 aromatic heterocycles. The van der Waals surface area contributed by atoms with Gasteiger partial charge < -0.3 is 9.84 Å². The summed E-state index contributed by atoms with van der Waals surface area (Å²) in [5.41, 5.74) is 0.821. The van der Waals surface area contributed by atoms with E-state index in [1.807, 2.05) is 12.1 Å². The van der Waals surface area contributed by atoms with Crippen LogP contribution in [0.1, 0.15) is 15.6 Å². The summed E-state index contributed by atoms with van der Waals surface area (Å²) in [6.45, 7) is 4.63. The Morgan fingerprint density at radius 3 is 2.85 bits per heavy atom. The van der Waals surface area contributed by atoms with E-state index in [0.717, 1.165) is 17.9 Å². The molecule has 0 fully saturated rings. The van der Waals surface area contributed by atoms with E-state index in [-0.39, 0.29) is 0 Å². The molecule has 0 radical (unpaired) electrons. The summed E-state index contributed by atoms with van der Waals surface area (Å²) in [6.07, 6.45) is 1.74. The van der Waals surface area contributed by atoms with Gasteiger partial charge in [-0.1, -0.05) is 5.16 Å². The molecule has 0 saturated carbocycles. The van der Waals surface area contributed by atoms with E-state index in [2.05, 4.69) is 39.5 Å². The van der Waals surface area contributed by atoms with Gasteiger partial charge in [0.15, 0.2) is 5.82 Å². The van der Waals surface area contributed by atoms with Crippen LogP contribution in [0.15, 0.2) is 35.0 Å². The highest BCUT2D eigenvalue weighted by atomic mass is 32.1. The fourth-order valence-corrected chi connectivity index (χ4v) is 2.71. The molecule has 3 aromatic rings. The van der Waals surface area contributed by atoms with Gasteiger partial charge in [0, 0.05) is 16.0 Å². The monoisotopic (exact) mass is 286 g/mol. The normalized spacial score (nSPS) is 10.7. The van der Waals surface area contributed by atoms with Gasteiger partial charge in [0.2, 0.25) is 0 Å². The Kier molecular flexibility index (Phi) is 3.47. The lowest BCUT2D eigenvalue weighted by atomic mass is 10.2. The second-order valence-electron chi connectivity index (χ2n) is 4.41. The molecule has 0 unspecified atom stereocenters. The summed E-state index contributed by atoms with van der Waals surface area (Å²) in [5, 5.41) is 7.14. The summed E-state index contributed by atoms with van der Waals surface area (Å²) >= 11 is 1.77. The lowest BCUT2D eigenvalue weighted by molar-refractivity contribution is 0.425. The van der Waals surface area contributed by atoms with Gasteiger partial charge in [-0.15, -0.1) is 11.3 Å². The molecule has 0 bridgehead atoms. The van der Waals surface area contributed by atoms with E-state index in [1.165, 1.54) is 9.75 Å². The maximum atomic E-state index is 5.21. The average molecular weight is 286 g/mol. The first-order valence-corrected chi connectivity index (χ1v) is 7.09. The minimum atomic E-state index is 0.487. The van der Waals surface area contributed by atoms with Crippen molar-refractivity contribution < 1.29 is 4.52 Å². The maximum absolute atomic E-state index is 5.21. The standard InChI is InChI=1S/C14H14N4OS/c1-9-5-6-11(20-9)8-16-13-12(4-3-7-15-13)14-17-10(2)18-19-14/h3-7H,8H2,1-2H3,(H,15,16). The SMILES string of the molecule is Cc1noc(-c2cccnc2NCc2ccc(C)s2)n1. The Morgan fingerprint density at radius 1 is 1.25 bits per heavy atom. The van der Waals surface area contributed by atoms with Crippen molar-refractivity contribution in [1.82, 2.24) is 15.1 Å². The van der Waals surface area contributed by atoms with Gasteiger partial charge in [-0.2, -0.15) is 4.98 Å². The van der Waals surface area contributed by atoms with Gasteiger partial charge in [-0.05, 0) is 38.1 Å². The molecule has 3 rings (SSSR count). The summed E-state index contributed by atoms with van der Waals surface area (Å²) in [5.74, 6) is 1.85. The van der Waals surface area contributed by atoms with Crippen molar-refractivity contribution in [3.05, 3.63) is 46.0 Å². The molecule has 0 aliphatic heterocycles. The predicted molar refractivity (Wildman–Crippen MR) is 78.6 cm³/mol. The minimum Gasteiger partial charge on any atom is -0.365 e. The number of thiophene rings is 1. The van der Waals surface area contributed by atoms with Crippen molar-refractivity contribution in [2.75, 3.05) is 5.32 Å². The third-order valence-corrected chi connectivity index (χ3v) is 3.79. The largest absolute Gasteiger partial charge is 0.365 e. The van der Waals surface area contributed by atoms with Gasteiger partial charge in [0.25, 0.3) is 5.89 Å². The average Bonchev–Trinajstić information content (AvgIpc) is 3.06. The molecule has 1 N–H and O–H groups in total. The van der Waals surface area contributed by atoms with Crippen LogP contribution in [0.2, 0.25) is 0 Å². The van der Waals surface area contributed by atoms with Gasteiger partial charge in [0.05, 0.1) is 12.1 Å². The zero-order valence-electron chi connectivity index (χ0n) is 11.3. The van der Waals surface area contributed by atoms with Crippen LogP contribution in [-0.2, 0) is 6.54 Å². The first-order valence-electron chi connectivity index (χ1n) is 6.27. The van der Waals surface area contributed by atoms with Crippen molar-refractivity contribution in [2.45, 2.75) is 20.4 Å². The molecule has 0 aliphatic rings. The van der Waals surface area contributed by atoms with E-state index in [1.54, 1.807) is 24.5 Å². The van der Waals surface area contributed by atoms with Gasteiger partial charge in [-0.25, -0.2) is 4.98 Å². The van der Waals surface area contributed by atoms with Crippen LogP contribution in [-0.4, -0.2) is 15.1 Å². The summed E-state index contributed by atoms with van der Waals surface area (Å²) in [6, 6.07) is 8.01. The Labute approximate surface area is 120 Å². The van der Waals surface area contributed by atoms with Crippen LogP contribution < -0.4 is 5.32 Å². The molecule has 6 heteroatoms. The lowest BCUT2D eigenvalue weighted by Gasteiger charge is -2.06. The van der Waals surface area contributed by atoms with Gasteiger partial charge in [-0.3, -0.25) is 0 Å². The topological polar surface area (TPSA) is 63.8 Å². The Balaban J connectivity index is 1.83. The number of aromatic nitrogens is 3. The smallest absolute Gasteiger partial charge is 0.261 e. The molecule has 0 aliphatic carbocycles. The molecule has 5 nitrogen and oxygen atoms in total. The second-order valence-corrected chi connectivity index (χ2v) is 5.78. The number of nitrogens with zero attached hydrogens (tertiary/aromatic N) is 3. The third-order valence-electron chi connectivity index (χ3n) is 2.79. The quantitative estimate of drug-likeness (QED) is 0.796. The number of pyridine rings is 1. The maximum Gasteiger partial charge on any atom is 0.261 e. The molecular weight excluding hydrogens is 272 g/mol. The molecule has 0 amide bonds. The number of hydrogen-bond donors (Lipinski definition) is 1. The summed E-state index contributed by atoms with van der Waals surface area (Å²) in [7, 11) is 0. The van der Waals surface area contributed by atoms with Crippen molar-refractivity contribution in [1.29, 1.82) is 0 Å². The van der Waals surface area contributed by atoms with Crippen LogP contribution in [0.3, 0.4) is 0 Å². The van der Waals surface area contributed by atoms with Crippen molar-refractivity contribution in [3.63, 3.8) is 0 Å². The Hall–Kier alpha value is -2.21. The van der Waals surface area contributed by atoms with Gasteiger partial charge >= 0.3 is 0 Å². The number of anilines is 1. The first kappa shape index (κ1) is 12.8. The Morgan fingerprint density at radius 2 is 2.15 bits per heavy atom. The number of rotatable bonds is 4. The fraction of sp³-hybridized carbons (Fsp3) is 0.214. The van der Waals surface area contributed by atoms with E-state index < -0.39 is 0 Å². The van der Waals surface area contributed by atoms with Crippen molar-refractivity contribution in [3.8, 4) is 11.5 Å². The van der Waals surface area contributed by atoms with E-state index in [9.17, 15) is 0 Å². The van der Waals surface area contributed by atoms with E-state index in [0.29, 0.717) is 11.7 Å². The third kappa shape index (κ3) is 2.70. The number of nitrogens with one attached hydrogen (secondary N) is 1. The molecule has 0 atom stereocenters. The first-order chi connectivity index (χ1) is 9.72. The minimum absolute atomic E-state index is 0.487. The highest BCUT2D eigenvalue weighted by Gasteiger charge is 2.12. The lowest BCUT2D eigenvalue weighted by Crippen LogP contribution is -2.01. The molecular formula is C14H14N4OS. The molecule has 0 saturated heterocycles. The van der Waals surface area contributed by atoms with E-state index >= 15 is 0 Å². The Bertz CT molecular complexity index is 719. The van der Waals surface area contributed by atoms with Crippen LogP contribution >= 0.6 is 11.3 Å². The molecule has 3 heterocycles. The summed E-state index contributed by atoms with van der Waals surface area (Å²) in [4.78, 5) is 11.2. The van der Waals surface area contributed by atoms with Crippen molar-refractivity contribution in [2.24, 2.45) is 0 Å². The highest BCUT2D eigenvalue weighted by molar-refractivity contribution is 7.11. The van der Waals surface area contributed by atoms with Crippen LogP contribution in [0.25, 0.3) is 11.5 Å².